The number of rotatable bonds is 1. The number of piperidine rings is 1. The van der Waals surface area contributed by atoms with Gasteiger partial charge >= 0.3 is 6.09 Å². The Morgan fingerprint density at radius 3 is 2.55 bits per heavy atom. The molecule has 1 aromatic heterocycles. The summed E-state index contributed by atoms with van der Waals surface area (Å²) in [5, 5.41) is 1.15. The summed E-state index contributed by atoms with van der Waals surface area (Å²) in [4.78, 5) is 13.9. The van der Waals surface area contributed by atoms with E-state index in [1.807, 2.05) is 39.0 Å². The lowest BCUT2D eigenvalue weighted by Crippen LogP contribution is -2.41. The molecule has 0 bridgehead atoms. The molecule has 0 atom stereocenters. The molecule has 4 heteroatoms. The van der Waals surface area contributed by atoms with E-state index in [0.29, 0.717) is 5.92 Å². The zero-order valence-corrected chi connectivity index (χ0v) is 13.5. The van der Waals surface area contributed by atoms with Gasteiger partial charge in [0.2, 0.25) is 0 Å². The van der Waals surface area contributed by atoms with Crippen LogP contribution < -0.4 is 0 Å². The van der Waals surface area contributed by atoms with E-state index in [-0.39, 0.29) is 6.09 Å². The predicted molar refractivity (Wildman–Crippen MR) is 86.0 cm³/mol. The lowest BCUT2D eigenvalue weighted by molar-refractivity contribution is 0.0200. The Labute approximate surface area is 131 Å². The van der Waals surface area contributed by atoms with Gasteiger partial charge in [-0.2, -0.15) is 0 Å². The molecule has 1 aromatic carbocycles. The topological polar surface area (TPSA) is 42.7 Å². The van der Waals surface area contributed by atoms with Crippen molar-refractivity contribution >= 4 is 17.1 Å². The second-order valence-corrected chi connectivity index (χ2v) is 6.93. The first-order chi connectivity index (χ1) is 10.4. The Morgan fingerprint density at radius 2 is 1.91 bits per heavy atom. The quantitative estimate of drug-likeness (QED) is 0.776. The van der Waals surface area contributed by atoms with Crippen LogP contribution in [0.2, 0.25) is 0 Å². The highest BCUT2D eigenvalue weighted by Crippen LogP contribution is 2.32. The molecule has 0 N–H and O–H groups in total. The molecule has 2 heterocycles. The largest absolute Gasteiger partial charge is 0.461 e. The van der Waals surface area contributed by atoms with Gasteiger partial charge in [0.25, 0.3) is 0 Å². The number of amides is 1. The SMILES string of the molecule is CC(C)(C)OC(=O)N1CCC(c2cc3ccccc3o2)CC1. The van der Waals surface area contributed by atoms with Crippen LogP contribution in [-0.4, -0.2) is 29.7 Å². The molecule has 1 fully saturated rings. The van der Waals surface area contributed by atoms with Gasteiger partial charge in [-0.1, -0.05) is 18.2 Å². The van der Waals surface area contributed by atoms with Crippen LogP contribution in [0, 0.1) is 0 Å². The fourth-order valence-corrected chi connectivity index (χ4v) is 2.88. The highest BCUT2D eigenvalue weighted by Gasteiger charge is 2.28. The van der Waals surface area contributed by atoms with Gasteiger partial charge in [-0.05, 0) is 45.7 Å². The van der Waals surface area contributed by atoms with Crippen molar-refractivity contribution in [3.8, 4) is 0 Å². The van der Waals surface area contributed by atoms with Crippen molar-refractivity contribution < 1.29 is 13.9 Å². The van der Waals surface area contributed by atoms with E-state index in [2.05, 4.69) is 12.1 Å². The number of para-hydroxylation sites is 1. The summed E-state index contributed by atoms with van der Waals surface area (Å²) in [6.07, 6.45) is 1.62. The summed E-state index contributed by atoms with van der Waals surface area (Å²) in [6.45, 7) is 7.12. The van der Waals surface area contributed by atoms with Gasteiger partial charge < -0.3 is 14.1 Å². The number of hydrogen-bond acceptors (Lipinski definition) is 3. The standard InChI is InChI=1S/C18H23NO3/c1-18(2,3)22-17(20)19-10-8-13(9-11-19)16-12-14-6-4-5-7-15(14)21-16/h4-7,12-13H,8-11H2,1-3H3. The molecule has 118 valence electrons. The van der Waals surface area contributed by atoms with Gasteiger partial charge in [0, 0.05) is 24.4 Å². The molecule has 0 unspecified atom stereocenters. The summed E-state index contributed by atoms with van der Waals surface area (Å²) in [7, 11) is 0. The Bertz CT molecular complexity index is 627. The Hall–Kier alpha value is -1.97. The van der Waals surface area contributed by atoms with Crippen molar-refractivity contribution in [1.82, 2.24) is 4.90 Å². The van der Waals surface area contributed by atoms with Crippen LogP contribution in [0.5, 0.6) is 0 Å². The van der Waals surface area contributed by atoms with Gasteiger partial charge in [-0.15, -0.1) is 0 Å². The average Bonchev–Trinajstić information content (AvgIpc) is 2.89. The molecular formula is C18H23NO3. The highest BCUT2D eigenvalue weighted by atomic mass is 16.6. The number of fused-ring (bicyclic) bond motifs is 1. The molecule has 1 aliphatic heterocycles. The maximum Gasteiger partial charge on any atom is 0.410 e. The third-order valence-corrected chi connectivity index (χ3v) is 3.99. The normalized spacial score (nSPS) is 17.0. The third-order valence-electron chi connectivity index (χ3n) is 3.99. The maximum absolute atomic E-state index is 12.1. The maximum atomic E-state index is 12.1. The number of carbonyl (C=O) groups is 1. The fraction of sp³-hybridized carbons (Fsp3) is 0.500. The van der Waals surface area contributed by atoms with Crippen molar-refractivity contribution in [2.24, 2.45) is 0 Å². The predicted octanol–water partition coefficient (Wildman–Crippen LogP) is 4.55. The zero-order chi connectivity index (χ0) is 15.7. The molecule has 0 radical (unpaired) electrons. The minimum atomic E-state index is -0.438. The van der Waals surface area contributed by atoms with Gasteiger partial charge in [0.05, 0.1) is 0 Å². The van der Waals surface area contributed by atoms with Gasteiger partial charge in [-0.3, -0.25) is 0 Å². The molecule has 1 saturated heterocycles. The van der Waals surface area contributed by atoms with E-state index in [4.69, 9.17) is 9.15 Å². The first kappa shape index (κ1) is 14.9. The molecule has 2 aromatic rings. The summed E-state index contributed by atoms with van der Waals surface area (Å²) in [6, 6.07) is 10.2. The van der Waals surface area contributed by atoms with E-state index in [9.17, 15) is 4.79 Å². The van der Waals surface area contributed by atoms with E-state index in [1.165, 1.54) is 0 Å². The van der Waals surface area contributed by atoms with Gasteiger partial charge in [0.15, 0.2) is 0 Å². The number of likely N-dealkylation sites (tertiary alicyclic amines) is 1. The lowest BCUT2D eigenvalue weighted by Gasteiger charge is -2.32. The number of ether oxygens (including phenoxy) is 1. The molecule has 0 saturated carbocycles. The molecule has 1 aliphatic rings. The number of hydrogen-bond donors (Lipinski definition) is 0. The monoisotopic (exact) mass is 301 g/mol. The van der Waals surface area contributed by atoms with Crippen LogP contribution in [0.15, 0.2) is 34.7 Å². The minimum Gasteiger partial charge on any atom is -0.461 e. The Kier molecular flexibility index (Phi) is 3.85. The van der Waals surface area contributed by atoms with Crippen molar-refractivity contribution in [2.75, 3.05) is 13.1 Å². The first-order valence-corrected chi connectivity index (χ1v) is 7.89. The summed E-state index contributed by atoms with van der Waals surface area (Å²) < 4.78 is 11.4. The molecule has 0 aliphatic carbocycles. The van der Waals surface area contributed by atoms with Crippen molar-refractivity contribution in [1.29, 1.82) is 0 Å². The highest BCUT2D eigenvalue weighted by molar-refractivity contribution is 5.77. The van der Waals surface area contributed by atoms with E-state index >= 15 is 0 Å². The molecule has 4 nitrogen and oxygen atoms in total. The van der Waals surface area contributed by atoms with Crippen molar-refractivity contribution in [3.63, 3.8) is 0 Å². The van der Waals surface area contributed by atoms with E-state index in [1.54, 1.807) is 4.90 Å². The number of nitrogens with zero attached hydrogens (tertiary/aromatic N) is 1. The van der Waals surface area contributed by atoms with Crippen LogP contribution in [0.3, 0.4) is 0 Å². The second-order valence-electron chi connectivity index (χ2n) is 6.93. The molecular weight excluding hydrogens is 278 g/mol. The average molecular weight is 301 g/mol. The summed E-state index contributed by atoms with van der Waals surface area (Å²) >= 11 is 0. The van der Waals surface area contributed by atoms with Gasteiger partial charge in [0.1, 0.15) is 16.9 Å². The molecule has 3 rings (SSSR count). The van der Waals surface area contributed by atoms with Crippen molar-refractivity contribution in [2.45, 2.75) is 45.1 Å². The van der Waals surface area contributed by atoms with Crippen LogP contribution in [0.25, 0.3) is 11.0 Å². The minimum absolute atomic E-state index is 0.212. The van der Waals surface area contributed by atoms with Crippen LogP contribution in [0.4, 0.5) is 4.79 Å². The second kappa shape index (κ2) is 5.67. The van der Waals surface area contributed by atoms with E-state index < -0.39 is 5.60 Å². The molecule has 1 amide bonds. The Balaban J connectivity index is 1.63. The third kappa shape index (κ3) is 3.26. The lowest BCUT2D eigenvalue weighted by atomic mass is 9.94. The van der Waals surface area contributed by atoms with Crippen LogP contribution >= 0.6 is 0 Å². The smallest absolute Gasteiger partial charge is 0.410 e. The van der Waals surface area contributed by atoms with Crippen LogP contribution in [0.1, 0.15) is 45.3 Å². The number of furan rings is 1. The fourth-order valence-electron chi connectivity index (χ4n) is 2.88. The summed E-state index contributed by atoms with van der Waals surface area (Å²) in [5.74, 6) is 1.41. The molecule has 22 heavy (non-hydrogen) atoms. The van der Waals surface area contributed by atoms with Crippen LogP contribution in [-0.2, 0) is 4.74 Å². The van der Waals surface area contributed by atoms with Gasteiger partial charge in [-0.25, -0.2) is 4.79 Å². The first-order valence-electron chi connectivity index (χ1n) is 7.89. The van der Waals surface area contributed by atoms with Crippen molar-refractivity contribution in [3.05, 3.63) is 36.1 Å². The summed E-state index contributed by atoms with van der Waals surface area (Å²) in [5.41, 5.74) is 0.499. The number of carbonyl (C=O) groups excluding carboxylic acids is 1. The number of benzene rings is 1. The van der Waals surface area contributed by atoms with E-state index in [0.717, 1.165) is 42.7 Å². The Morgan fingerprint density at radius 1 is 1.23 bits per heavy atom. The molecule has 0 spiro atoms. The zero-order valence-electron chi connectivity index (χ0n) is 13.5.